The number of aliphatic hydroxyl groups is 2. The van der Waals surface area contributed by atoms with Gasteiger partial charge in [-0.3, -0.25) is 0 Å². The van der Waals surface area contributed by atoms with Gasteiger partial charge in [-0.2, -0.15) is 0 Å². The first-order chi connectivity index (χ1) is 5.47. The summed E-state index contributed by atoms with van der Waals surface area (Å²) in [5, 5.41) is 23.5. The minimum atomic E-state index is -0.169. The lowest BCUT2D eigenvalue weighted by molar-refractivity contribution is 0.182. The van der Waals surface area contributed by atoms with E-state index >= 15 is 0 Å². The van der Waals surface area contributed by atoms with Crippen molar-refractivity contribution < 1.29 is 19.9 Å². The Bertz CT molecular complexity index is 80.0. The summed E-state index contributed by atoms with van der Waals surface area (Å²) in [5.41, 5.74) is 0.169. The highest BCUT2D eigenvalue weighted by atomic mass is 16.5. The molecule has 0 amide bonds. The molecule has 0 aliphatic rings. The second kappa shape index (κ2) is 9.00. The summed E-state index contributed by atoms with van der Waals surface area (Å²) in [4.78, 5) is 0. The Hall–Kier alpha value is -0.0951. The molecule has 0 atom stereocenters. The summed E-state index contributed by atoms with van der Waals surface area (Å²) in [6, 6.07) is 0. The van der Waals surface area contributed by atoms with Gasteiger partial charge in [-0.05, 0) is 5.41 Å². The number of hydrogen-bond acceptors (Lipinski definition) is 4. The van der Waals surface area contributed by atoms with E-state index in [4.69, 9.17) is 19.9 Å². The fraction of sp³-hybridized carbons (Fsp3) is 1.00. The van der Waals surface area contributed by atoms with E-state index in [0.29, 0.717) is 6.61 Å². The molecule has 0 aliphatic carbocycles. The Morgan fingerprint density at radius 2 is 1.58 bits per heavy atom. The van der Waals surface area contributed by atoms with Crippen LogP contribution in [0.2, 0.25) is 0 Å². The van der Waals surface area contributed by atoms with Crippen molar-refractivity contribution in [3.63, 3.8) is 0 Å². The zero-order chi connectivity index (χ0) is 10.0. The monoisotopic (exact) mass is 178 g/mol. The number of rotatable bonds is 3. The minimum Gasteiger partial charge on any atom is -0.430 e. The molecule has 74 valence electrons. The Morgan fingerprint density at radius 3 is 1.67 bits per heavy atom. The molecule has 0 saturated heterocycles. The van der Waals surface area contributed by atoms with E-state index in [1.807, 2.05) is 0 Å². The molecule has 0 aliphatic heterocycles. The summed E-state index contributed by atoms with van der Waals surface area (Å²) < 4.78 is 4.75. The highest BCUT2D eigenvalue weighted by Gasteiger charge is 2.08. The zero-order valence-corrected chi connectivity index (χ0v) is 8.08. The van der Waals surface area contributed by atoms with E-state index < -0.39 is 0 Å². The fourth-order valence-electron chi connectivity index (χ4n) is 0.352. The van der Waals surface area contributed by atoms with Gasteiger partial charge in [0.15, 0.2) is 0 Å². The maximum atomic E-state index is 8.21. The first kappa shape index (κ1) is 14.4. The lowest BCUT2D eigenvalue weighted by atomic mass is 9.98. The summed E-state index contributed by atoms with van der Waals surface area (Å²) in [7, 11) is -0.169. The van der Waals surface area contributed by atoms with E-state index in [1.165, 1.54) is 0 Å². The largest absolute Gasteiger partial charge is 0.435 e. The van der Waals surface area contributed by atoms with Crippen LogP contribution in [0.25, 0.3) is 0 Å². The molecule has 0 aromatic carbocycles. The van der Waals surface area contributed by atoms with Gasteiger partial charge in [0.2, 0.25) is 0 Å². The van der Waals surface area contributed by atoms with Crippen molar-refractivity contribution in [1.29, 1.82) is 0 Å². The third-order valence-electron chi connectivity index (χ3n) is 0.726. The van der Waals surface area contributed by atoms with Gasteiger partial charge in [-0.15, -0.1) is 0 Å². The van der Waals surface area contributed by atoms with E-state index in [1.54, 1.807) is 0 Å². The van der Waals surface area contributed by atoms with Crippen LogP contribution in [0.15, 0.2) is 0 Å². The summed E-state index contributed by atoms with van der Waals surface area (Å²) in [5.74, 6) is 0. The number of aliphatic hydroxyl groups excluding tert-OH is 2. The molecule has 5 heteroatoms. The smallest absolute Gasteiger partial charge is 0.430 e. The number of hydrogen-bond donors (Lipinski definition) is 3. The molecular formula is C7H19BO4. The molecule has 0 spiro atoms. The average Bonchev–Trinajstić information content (AvgIpc) is 2.00. The lowest BCUT2D eigenvalue weighted by Crippen LogP contribution is -2.16. The van der Waals surface area contributed by atoms with E-state index in [0.717, 1.165) is 0 Å². The summed E-state index contributed by atoms with van der Waals surface area (Å²) in [6.45, 7) is 6.54. The molecule has 0 aromatic rings. The predicted octanol–water partition coefficient (Wildman–Crippen LogP) is -0.721. The van der Waals surface area contributed by atoms with Crippen LogP contribution in [0.1, 0.15) is 20.8 Å². The van der Waals surface area contributed by atoms with Crippen LogP contribution in [0.3, 0.4) is 0 Å². The Balaban J connectivity index is 0. The second-order valence-corrected chi connectivity index (χ2v) is 3.49. The Morgan fingerprint density at radius 1 is 1.17 bits per heavy atom. The van der Waals surface area contributed by atoms with Crippen LogP contribution < -0.4 is 0 Å². The molecular weight excluding hydrogens is 159 g/mol. The highest BCUT2D eigenvalue weighted by molar-refractivity contribution is 6.15. The molecule has 0 fully saturated rings. The Labute approximate surface area is 74.5 Å². The third kappa shape index (κ3) is 22.5. The normalized spacial score (nSPS) is 10.2. The van der Waals surface area contributed by atoms with Gasteiger partial charge < -0.3 is 19.9 Å². The molecule has 0 bridgehead atoms. The Kier molecular flexibility index (Phi) is 10.8. The molecule has 0 saturated carbocycles. The van der Waals surface area contributed by atoms with Crippen LogP contribution in [-0.4, -0.2) is 42.7 Å². The van der Waals surface area contributed by atoms with Gasteiger partial charge in [0, 0.05) is 6.61 Å². The van der Waals surface area contributed by atoms with Gasteiger partial charge in [0.05, 0.1) is 13.2 Å². The van der Waals surface area contributed by atoms with Crippen molar-refractivity contribution in [1.82, 2.24) is 0 Å². The van der Waals surface area contributed by atoms with Crippen molar-refractivity contribution >= 4 is 7.69 Å². The van der Waals surface area contributed by atoms with E-state index in [9.17, 15) is 0 Å². The molecule has 0 radical (unpaired) electrons. The molecule has 3 N–H and O–H groups in total. The van der Waals surface area contributed by atoms with Crippen molar-refractivity contribution in [3.8, 4) is 0 Å². The quantitative estimate of drug-likeness (QED) is 0.498. The SMILES string of the molecule is CC(C)(C)COBO.OCCO. The minimum absolute atomic E-state index is 0.125. The maximum Gasteiger partial charge on any atom is 0.435 e. The first-order valence-electron chi connectivity index (χ1n) is 3.88. The first-order valence-corrected chi connectivity index (χ1v) is 3.88. The summed E-state index contributed by atoms with van der Waals surface area (Å²) >= 11 is 0. The highest BCUT2D eigenvalue weighted by Crippen LogP contribution is 2.11. The molecule has 0 rings (SSSR count). The second-order valence-electron chi connectivity index (χ2n) is 3.49. The standard InChI is InChI=1S/C5H13BO2.C2H6O2/c1-5(2,3)4-8-6-7;3-1-2-4/h6-7H,4H2,1-3H3;3-4H,1-2H2. The third-order valence-corrected chi connectivity index (χ3v) is 0.726. The molecule has 0 aromatic heterocycles. The fourth-order valence-corrected chi connectivity index (χ4v) is 0.352. The van der Waals surface area contributed by atoms with E-state index in [2.05, 4.69) is 20.8 Å². The van der Waals surface area contributed by atoms with Crippen LogP contribution in [0, 0.1) is 5.41 Å². The van der Waals surface area contributed by atoms with E-state index in [-0.39, 0.29) is 26.3 Å². The predicted molar refractivity (Wildman–Crippen MR) is 48.9 cm³/mol. The topological polar surface area (TPSA) is 69.9 Å². The van der Waals surface area contributed by atoms with Crippen molar-refractivity contribution in [2.75, 3.05) is 19.8 Å². The van der Waals surface area contributed by atoms with Crippen LogP contribution in [-0.2, 0) is 4.65 Å². The van der Waals surface area contributed by atoms with Crippen molar-refractivity contribution in [2.24, 2.45) is 5.41 Å². The molecule has 4 nitrogen and oxygen atoms in total. The van der Waals surface area contributed by atoms with Gasteiger partial charge in [-0.25, -0.2) is 0 Å². The molecule has 12 heavy (non-hydrogen) atoms. The van der Waals surface area contributed by atoms with Gasteiger partial charge >= 0.3 is 7.69 Å². The van der Waals surface area contributed by atoms with Crippen LogP contribution in [0.4, 0.5) is 0 Å². The van der Waals surface area contributed by atoms with Gasteiger partial charge in [0.1, 0.15) is 0 Å². The van der Waals surface area contributed by atoms with Crippen molar-refractivity contribution in [2.45, 2.75) is 20.8 Å². The molecule has 0 unspecified atom stereocenters. The summed E-state index contributed by atoms with van der Waals surface area (Å²) in [6.07, 6.45) is 0. The molecule has 0 heterocycles. The van der Waals surface area contributed by atoms with Gasteiger partial charge in [0.25, 0.3) is 0 Å². The lowest BCUT2D eigenvalue weighted by Gasteiger charge is -2.16. The zero-order valence-electron chi connectivity index (χ0n) is 8.08. The van der Waals surface area contributed by atoms with Crippen molar-refractivity contribution in [3.05, 3.63) is 0 Å². The maximum absolute atomic E-state index is 8.21. The average molecular weight is 178 g/mol. The van der Waals surface area contributed by atoms with Gasteiger partial charge in [-0.1, -0.05) is 20.8 Å². The van der Waals surface area contributed by atoms with Crippen LogP contribution >= 0.6 is 0 Å². The van der Waals surface area contributed by atoms with Crippen LogP contribution in [0.5, 0.6) is 0 Å².